The molecule has 2 nitrogen and oxygen atoms in total. The van der Waals surface area contributed by atoms with Crippen LogP contribution in [-0.4, -0.2) is 18.9 Å². The van der Waals surface area contributed by atoms with Crippen molar-refractivity contribution in [2.75, 3.05) is 6.54 Å². The lowest BCUT2D eigenvalue weighted by atomic mass is 9.97. The van der Waals surface area contributed by atoms with Crippen LogP contribution in [0, 0.1) is 19.8 Å². The Morgan fingerprint density at radius 3 is 2.35 bits per heavy atom. The first-order valence-corrected chi connectivity index (χ1v) is 6.55. The Morgan fingerprint density at radius 1 is 1.18 bits per heavy atom. The molecule has 0 bridgehead atoms. The summed E-state index contributed by atoms with van der Waals surface area (Å²) < 4.78 is 0. The molecule has 3 rings (SSSR count). The second-order valence-corrected chi connectivity index (χ2v) is 5.57. The van der Waals surface area contributed by atoms with Gasteiger partial charge in [0.25, 0.3) is 0 Å². The van der Waals surface area contributed by atoms with Crippen LogP contribution in [0.4, 0.5) is 0 Å². The van der Waals surface area contributed by atoms with Crippen molar-refractivity contribution < 1.29 is 0 Å². The smallest absolute Gasteiger partial charge is 0.0827 e. The van der Waals surface area contributed by atoms with E-state index >= 15 is 0 Å². The van der Waals surface area contributed by atoms with Crippen LogP contribution in [0.25, 0.3) is 0 Å². The predicted octanol–water partition coefficient (Wildman–Crippen LogP) is 2.41. The summed E-state index contributed by atoms with van der Waals surface area (Å²) in [5.74, 6) is 0.811. The Labute approximate surface area is 103 Å². The normalized spacial score (nSPS) is 22.8. The Kier molecular flexibility index (Phi) is 2.65. The average Bonchev–Trinajstić information content (AvgIpc) is 2.89. The lowest BCUT2D eigenvalue weighted by molar-refractivity contribution is 0.445. The topological polar surface area (TPSA) is 24.4 Å². The van der Waals surface area contributed by atoms with Crippen molar-refractivity contribution in [1.82, 2.24) is 5.32 Å². The summed E-state index contributed by atoms with van der Waals surface area (Å²) >= 11 is 0. The van der Waals surface area contributed by atoms with E-state index in [0.29, 0.717) is 6.04 Å². The molecule has 0 saturated carbocycles. The fourth-order valence-corrected chi connectivity index (χ4v) is 3.11. The fraction of sp³-hybridized carbons (Fsp3) is 0.533. The van der Waals surface area contributed by atoms with Crippen LogP contribution in [0.15, 0.2) is 17.1 Å². The van der Waals surface area contributed by atoms with Gasteiger partial charge in [-0.1, -0.05) is 12.1 Å². The number of benzene rings is 1. The van der Waals surface area contributed by atoms with Crippen molar-refractivity contribution in [2.24, 2.45) is 10.9 Å². The van der Waals surface area contributed by atoms with E-state index in [0.717, 1.165) is 12.5 Å². The first kappa shape index (κ1) is 10.8. The SMILES string of the molecule is Cc1cc2c(cc1C)CC(CC1CN=CN1)C2. The summed E-state index contributed by atoms with van der Waals surface area (Å²) in [6.45, 7) is 5.40. The molecule has 0 spiro atoms. The molecule has 2 aliphatic rings. The molecule has 1 unspecified atom stereocenters. The van der Waals surface area contributed by atoms with Crippen LogP contribution >= 0.6 is 0 Å². The van der Waals surface area contributed by atoms with Gasteiger partial charge in [0.1, 0.15) is 0 Å². The average molecular weight is 228 g/mol. The molecular weight excluding hydrogens is 208 g/mol. The Morgan fingerprint density at radius 2 is 1.82 bits per heavy atom. The zero-order valence-corrected chi connectivity index (χ0v) is 10.7. The standard InChI is InChI=1S/C15H20N2/c1-10-3-13-5-12(6-14(13)4-11(10)2)7-15-8-16-9-17-15/h3-4,9,12,15H,5-8H2,1-2H3,(H,16,17). The highest BCUT2D eigenvalue weighted by Gasteiger charge is 2.25. The molecule has 1 atom stereocenters. The molecule has 1 aromatic rings. The minimum absolute atomic E-state index is 0.580. The van der Waals surface area contributed by atoms with E-state index in [4.69, 9.17) is 0 Å². The Bertz CT molecular complexity index is 423. The molecule has 0 fully saturated rings. The summed E-state index contributed by atoms with van der Waals surface area (Å²) in [7, 11) is 0. The van der Waals surface area contributed by atoms with Gasteiger partial charge in [-0.2, -0.15) is 0 Å². The van der Waals surface area contributed by atoms with Crippen LogP contribution in [-0.2, 0) is 12.8 Å². The second-order valence-electron chi connectivity index (χ2n) is 5.57. The van der Waals surface area contributed by atoms with Gasteiger partial charge >= 0.3 is 0 Å². The van der Waals surface area contributed by atoms with Gasteiger partial charge in [-0.25, -0.2) is 0 Å². The summed E-state index contributed by atoms with van der Waals surface area (Å²) in [5.41, 5.74) is 6.03. The van der Waals surface area contributed by atoms with Gasteiger partial charge in [0.15, 0.2) is 0 Å². The van der Waals surface area contributed by atoms with Crippen molar-refractivity contribution in [3.05, 3.63) is 34.4 Å². The minimum Gasteiger partial charge on any atom is -0.372 e. The van der Waals surface area contributed by atoms with E-state index in [9.17, 15) is 0 Å². The van der Waals surface area contributed by atoms with Crippen molar-refractivity contribution in [1.29, 1.82) is 0 Å². The molecule has 0 saturated heterocycles. The first-order valence-electron chi connectivity index (χ1n) is 6.55. The maximum Gasteiger partial charge on any atom is 0.0827 e. The molecule has 1 aromatic carbocycles. The van der Waals surface area contributed by atoms with E-state index in [-0.39, 0.29) is 0 Å². The lowest BCUT2D eigenvalue weighted by Gasteiger charge is -2.14. The fourth-order valence-electron chi connectivity index (χ4n) is 3.11. The maximum absolute atomic E-state index is 4.25. The number of rotatable bonds is 2. The van der Waals surface area contributed by atoms with Gasteiger partial charge in [-0.3, -0.25) is 4.99 Å². The van der Waals surface area contributed by atoms with E-state index in [1.165, 1.54) is 30.4 Å². The highest BCUT2D eigenvalue weighted by molar-refractivity contribution is 5.57. The number of aliphatic imine (C=N–C) groups is 1. The highest BCUT2D eigenvalue weighted by Crippen LogP contribution is 2.31. The number of fused-ring (bicyclic) bond motifs is 1. The second kappa shape index (κ2) is 4.17. The van der Waals surface area contributed by atoms with E-state index < -0.39 is 0 Å². The van der Waals surface area contributed by atoms with Gasteiger partial charge in [0.05, 0.1) is 12.9 Å². The zero-order valence-electron chi connectivity index (χ0n) is 10.7. The van der Waals surface area contributed by atoms with Crippen molar-refractivity contribution in [3.8, 4) is 0 Å². The molecule has 1 aliphatic heterocycles. The quantitative estimate of drug-likeness (QED) is 0.826. The highest BCUT2D eigenvalue weighted by atomic mass is 15.1. The number of nitrogens with zero attached hydrogens (tertiary/aromatic N) is 1. The van der Waals surface area contributed by atoms with E-state index in [2.05, 4.69) is 36.3 Å². The number of hydrogen-bond donors (Lipinski definition) is 1. The van der Waals surface area contributed by atoms with E-state index in [1.54, 1.807) is 11.1 Å². The van der Waals surface area contributed by atoms with Crippen LogP contribution < -0.4 is 5.32 Å². The first-order chi connectivity index (χ1) is 8.22. The summed E-state index contributed by atoms with van der Waals surface area (Å²) in [6, 6.07) is 5.36. The predicted molar refractivity (Wildman–Crippen MR) is 71.7 cm³/mol. The van der Waals surface area contributed by atoms with Crippen molar-refractivity contribution in [2.45, 2.75) is 39.2 Å². The molecular formula is C15H20N2. The third-order valence-electron chi connectivity index (χ3n) is 4.18. The molecule has 1 heterocycles. The minimum atomic E-state index is 0.580. The largest absolute Gasteiger partial charge is 0.372 e. The van der Waals surface area contributed by atoms with Crippen LogP contribution in [0.1, 0.15) is 28.7 Å². The van der Waals surface area contributed by atoms with Crippen LogP contribution in [0.2, 0.25) is 0 Å². The Hall–Kier alpha value is -1.31. The molecule has 0 amide bonds. The zero-order chi connectivity index (χ0) is 11.8. The van der Waals surface area contributed by atoms with Crippen molar-refractivity contribution in [3.63, 3.8) is 0 Å². The third kappa shape index (κ3) is 2.08. The van der Waals surface area contributed by atoms with Gasteiger partial charge < -0.3 is 5.32 Å². The van der Waals surface area contributed by atoms with Crippen LogP contribution in [0.3, 0.4) is 0 Å². The molecule has 2 heteroatoms. The molecule has 1 N–H and O–H groups in total. The van der Waals surface area contributed by atoms with Crippen molar-refractivity contribution >= 4 is 6.34 Å². The molecule has 17 heavy (non-hydrogen) atoms. The molecule has 90 valence electrons. The van der Waals surface area contributed by atoms with Crippen LogP contribution in [0.5, 0.6) is 0 Å². The van der Waals surface area contributed by atoms with Gasteiger partial charge in [0.2, 0.25) is 0 Å². The summed E-state index contributed by atoms with van der Waals surface area (Å²) in [5, 5.41) is 3.34. The Balaban J connectivity index is 1.70. The monoisotopic (exact) mass is 228 g/mol. The summed E-state index contributed by atoms with van der Waals surface area (Å²) in [4.78, 5) is 4.25. The summed E-state index contributed by atoms with van der Waals surface area (Å²) in [6.07, 6.45) is 5.64. The molecule has 0 radical (unpaired) electrons. The molecule has 1 aliphatic carbocycles. The maximum atomic E-state index is 4.25. The van der Waals surface area contributed by atoms with E-state index in [1.807, 2.05) is 6.34 Å². The lowest BCUT2D eigenvalue weighted by Crippen LogP contribution is -2.27. The number of hydrogen-bond acceptors (Lipinski definition) is 2. The van der Waals surface area contributed by atoms with Gasteiger partial charge in [-0.05, 0) is 61.3 Å². The number of nitrogens with one attached hydrogen (secondary N) is 1. The van der Waals surface area contributed by atoms with Gasteiger partial charge in [0, 0.05) is 6.04 Å². The van der Waals surface area contributed by atoms with Gasteiger partial charge in [-0.15, -0.1) is 0 Å². The molecule has 0 aromatic heterocycles. The third-order valence-corrected chi connectivity index (χ3v) is 4.18. The number of aryl methyl sites for hydroxylation is 2.